The van der Waals surface area contributed by atoms with Crippen LogP contribution in [0.25, 0.3) is 11.2 Å². The fraction of sp³-hybridized carbons (Fsp3) is 0.545. The number of hydrogen-bond donors (Lipinski definition) is 3. The summed E-state index contributed by atoms with van der Waals surface area (Å²) < 4.78 is 0. The molecule has 0 amide bonds. The molecule has 0 radical (unpaired) electrons. The Hall–Kier alpha value is -1.53. The zero-order valence-corrected chi connectivity index (χ0v) is 9.35. The Balaban J connectivity index is 2.13. The largest absolute Gasteiger partial charge is 0.390 e. The summed E-state index contributed by atoms with van der Waals surface area (Å²) >= 11 is 0. The number of aliphatic hydroxyl groups is 2. The summed E-state index contributed by atoms with van der Waals surface area (Å²) in [5.41, 5.74) is 1.72. The molecule has 0 atom stereocenters. The lowest BCUT2D eigenvalue weighted by atomic mass is 9.85. The quantitative estimate of drug-likeness (QED) is 0.723. The summed E-state index contributed by atoms with van der Waals surface area (Å²) in [5, 5.41) is 18.3. The highest BCUT2D eigenvalue weighted by Crippen LogP contribution is 2.35. The lowest BCUT2D eigenvalue weighted by molar-refractivity contribution is 0.272. The maximum absolute atomic E-state index is 9.31. The van der Waals surface area contributed by atoms with Crippen LogP contribution in [0.5, 0.6) is 0 Å². The van der Waals surface area contributed by atoms with Gasteiger partial charge in [0.15, 0.2) is 5.65 Å². The van der Waals surface area contributed by atoms with Gasteiger partial charge in [0.25, 0.3) is 0 Å². The van der Waals surface area contributed by atoms with Gasteiger partial charge in [0, 0.05) is 5.92 Å². The minimum atomic E-state index is -0.167. The molecular weight excluding hydrogens is 220 g/mol. The third-order valence-electron chi connectivity index (χ3n) is 3.26. The molecule has 6 heteroatoms. The van der Waals surface area contributed by atoms with Gasteiger partial charge in [0.2, 0.25) is 0 Å². The van der Waals surface area contributed by atoms with Crippen LogP contribution in [-0.4, -0.2) is 30.1 Å². The van der Waals surface area contributed by atoms with Gasteiger partial charge in [-0.1, -0.05) is 6.42 Å². The van der Waals surface area contributed by atoms with E-state index in [0.717, 1.165) is 18.7 Å². The molecule has 3 rings (SSSR count). The molecule has 2 aromatic heterocycles. The maximum atomic E-state index is 9.31. The van der Waals surface area contributed by atoms with Crippen molar-refractivity contribution in [3.05, 3.63) is 17.3 Å². The van der Waals surface area contributed by atoms with Gasteiger partial charge < -0.3 is 15.2 Å². The monoisotopic (exact) mass is 234 g/mol. The SMILES string of the molecule is OCc1nc2nc(C3CCC3)nc(CO)c2[nH]1. The molecule has 0 aliphatic heterocycles. The lowest BCUT2D eigenvalue weighted by Crippen LogP contribution is -2.14. The van der Waals surface area contributed by atoms with Crippen LogP contribution in [0, 0.1) is 0 Å². The van der Waals surface area contributed by atoms with E-state index in [1.807, 2.05) is 0 Å². The number of aromatic nitrogens is 4. The average molecular weight is 234 g/mol. The zero-order valence-electron chi connectivity index (χ0n) is 9.35. The molecule has 2 heterocycles. The molecule has 0 saturated heterocycles. The molecule has 1 fully saturated rings. The molecule has 17 heavy (non-hydrogen) atoms. The fourth-order valence-corrected chi connectivity index (χ4v) is 2.06. The van der Waals surface area contributed by atoms with E-state index in [2.05, 4.69) is 19.9 Å². The van der Waals surface area contributed by atoms with E-state index in [1.165, 1.54) is 6.42 Å². The van der Waals surface area contributed by atoms with Crippen LogP contribution in [0.2, 0.25) is 0 Å². The van der Waals surface area contributed by atoms with Gasteiger partial charge in [-0.2, -0.15) is 0 Å². The molecule has 1 aliphatic rings. The fourth-order valence-electron chi connectivity index (χ4n) is 2.06. The molecule has 3 N–H and O–H groups in total. The number of fused-ring (bicyclic) bond motifs is 1. The minimum absolute atomic E-state index is 0.147. The molecule has 0 aromatic carbocycles. The number of imidazole rings is 1. The van der Waals surface area contributed by atoms with Crippen LogP contribution >= 0.6 is 0 Å². The van der Waals surface area contributed by atoms with Crippen LogP contribution < -0.4 is 0 Å². The second-order valence-electron chi connectivity index (χ2n) is 4.35. The number of aromatic amines is 1. The Morgan fingerprint density at radius 3 is 2.53 bits per heavy atom. The van der Waals surface area contributed by atoms with Gasteiger partial charge >= 0.3 is 0 Å². The second-order valence-corrected chi connectivity index (χ2v) is 4.35. The van der Waals surface area contributed by atoms with Crippen LogP contribution in [0.4, 0.5) is 0 Å². The van der Waals surface area contributed by atoms with E-state index >= 15 is 0 Å². The van der Waals surface area contributed by atoms with Crippen molar-refractivity contribution < 1.29 is 10.2 Å². The normalized spacial score (nSPS) is 16.4. The summed E-state index contributed by atoms with van der Waals surface area (Å²) in [7, 11) is 0. The van der Waals surface area contributed by atoms with Gasteiger partial charge in [-0.05, 0) is 12.8 Å². The first-order valence-corrected chi connectivity index (χ1v) is 5.79. The lowest BCUT2D eigenvalue weighted by Gasteiger charge is -2.23. The zero-order chi connectivity index (χ0) is 11.8. The number of aliphatic hydroxyl groups excluding tert-OH is 2. The van der Waals surface area contributed by atoms with Gasteiger partial charge in [-0.25, -0.2) is 15.0 Å². The van der Waals surface area contributed by atoms with Crippen LogP contribution in [0.15, 0.2) is 0 Å². The van der Waals surface area contributed by atoms with Crippen LogP contribution in [0.3, 0.4) is 0 Å². The van der Waals surface area contributed by atoms with E-state index in [-0.39, 0.29) is 13.2 Å². The number of rotatable bonds is 3. The number of nitrogens with one attached hydrogen (secondary N) is 1. The molecule has 0 bridgehead atoms. The molecule has 6 nitrogen and oxygen atoms in total. The summed E-state index contributed by atoms with van der Waals surface area (Å²) in [6, 6.07) is 0. The predicted molar refractivity (Wildman–Crippen MR) is 60.1 cm³/mol. The topological polar surface area (TPSA) is 94.9 Å². The number of hydrogen-bond acceptors (Lipinski definition) is 5. The highest BCUT2D eigenvalue weighted by Gasteiger charge is 2.24. The molecule has 0 unspecified atom stereocenters. The summed E-state index contributed by atoms with van der Waals surface area (Å²) in [6.07, 6.45) is 3.42. The first-order chi connectivity index (χ1) is 8.31. The van der Waals surface area contributed by atoms with E-state index in [4.69, 9.17) is 5.11 Å². The second kappa shape index (κ2) is 4.05. The Bertz CT molecular complexity index is 548. The Morgan fingerprint density at radius 2 is 1.94 bits per heavy atom. The maximum Gasteiger partial charge on any atom is 0.181 e. The van der Waals surface area contributed by atoms with Gasteiger partial charge in [0.05, 0.1) is 12.3 Å². The third-order valence-corrected chi connectivity index (χ3v) is 3.26. The molecular formula is C11H14N4O2. The third kappa shape index (κ3) is 1.69. The minimum Gasteiger partial charge on any atom is -0.390 e. The highest BCUT2D eigenvalue weighted by molar-refractivity contribution is 5.73. The Kier molecular flexibility index (Phi) is 2.53. The molecule has 2 aromatic rings. The van der Waals surface area contributed by atoms with Crippen LogP contribution in [0.1, 0.15) is 42.5 Å². The molecule has 1 saturated carbocycles. The standard InChI is InChI=1S/C11H14N4O2/c16-4-7-9-11(14-8(5-17)13-9)15-10(12-7)6-2-1-3-6/h6,16-17H,1-5H2,(H,12,13,14,15). The van der Waals surface area contributed by atoms with Crippen molar-refractivity contribution in [1.82, 2.24) is 19.9 Å². The Labute approximate surface area is 97.8 Å². The average Bonchev–Trinajstić information content (AvgIpc) is 2.68. The molecule has 0 spiro atoms. The van der Waals surface area contributed by atoms with Crippen molar-refractivity contribution in [2.75, 3.05) is 0 Å². The van der Waals surface area contributed by atoms with Crippen molar-refractivity contribution in [3.63, 3.8) is 0 Å². The molecule has 90 valence electrons. The van der Waals surface area contributed by atoms with Gasteiger partial charge in [-0.3, -0.25) is 0 Å². The Morgan fingerprint density at radius 1 is 1.12 bits per heavy atom. The van der Waals surface area contributed by atoms with Crippen molar-refractivity contribution in [2.45, 2.75) is 38.4 Å². The number of H-pyrrole nitrogens is 1. The van der Waals surface area contributed by atoms with Gasteiger partial charge in [0.1, 0.15) is 23.8 Å². The van der Waals surface area contributed by atoms with Crippen molar-refractivity contribution >= 4 is 11.2 Å². The van der Waals surface area contributed by atoms with Crippen molar-refractivity contribution in [3.8, 4) is 0 Å². The molecule has 1 aliphatic carbocycles. The summed E-state index contributed by atoms with van der Waals surface area (Å²) in [5.74, 6) is 1.62. The van der Waals surface area contributed by atoms with E-state index in [9.17, 15) is 5.11 Å². The van der Waals surface area contributed by atoms with E-state index < -0.39 is 0 Å². The van der Waals surface area contributed by atoms with E-state index in [0.29, 0.717) is 28.6 Å². The van der Waals surface area contributed by atoms with Crippen molar-refractivity contribution in [2.24, 2.45) is 0 Å². The van der Waals surface area contributed by atoms with E-state index in [1.54, 1.807) is 0 Å². The van der Waals surface area contributed by atoms with Crippen molar-refractivity contribution in [1.29, 1.82) is 0 Å². The summed E-state index contributed by atoms with van der Waals surface area (Å²) in [6.45, 7) is -0.314. The van der Waals surface area contributed by atoms with Crippen LogP contribution in [-0.2, 0) is 13.2 Å². The summed E-state index contributed by atoms with van der Waals surface area (Å²) in [4.78, 5) is 15.9. The first kappa shape index (κ1) is 10.6. The number of nitrogens with zero attached hydrogens (tertiary/aromatic N) is 3. The first-order valence-electron chi connectivity index (χ1n) is 5.79. The van der Waals surface area contributed by atoms with Gasteiger partial charge in [-0.15, -0.1) is 0 Å². The predicted octanol–water partition coefficient (Wildman–Crippen LogP) is 0.605. The highest BCUT2D eigenvalue weighted by atomic mass is 16.3. The smallest absolute Gasteiger partial charge is 0.181 e.